The Morgan fingerprint density at radius 2 is 1.75 bits per heavy atom. The Bertz CT molecular complexity index is 1160. The highest BCUT2D eigenvalue weighted by atomic mass is 16.5. The summed E-state index contributed by atoms with van der Waals surface area (Å²) in [5.41, 5.74) is 1.70. The molecule has 1 N–H and O–H groups in total. The van der Waals surface area contributed by atoms with E-state index in [1.807, 2.05) is 19.9 Å². The molecule has 6 nitrogen and oxygen atoms in total. The van der Waals surface area contributed by atoms with Gasteiger partial charge in [-0.1, -0.05) is 44.2 Å². The molecule has 0 bridgehead atoms. The number of ketones is 1. The number of benzene rings is 2. The van der Waals surface area contributed by atoms with E-state index >= 15 is 0 Å². The fourth-order valence-corrected chi connectivity index (χ4v) is 3.70. The molecule has 1 aliphatic heterocycles. The first-order valence-electron chi connectivity index (χ1n) is 10.5. The summed E-state index contributed by atoms with van der Waals surface area (Å²) in [5.74, 6) is -0.734. The van der Waals surface area contributed by atoms with Gasteiger partial charge in [0, 0.05) is 23.6 Å². The smallest absolute Gasteiger partial charge is 0.300 e. The maximum absolute atomic E-state index is 13.1. The number of hydrogen-bond acceptors (Lipinski definition) is 5. The van der Waals surface area contributed by atoms with Gasteiger partial charge in [-0.15, -0.1) is 0 Å². The molecule has 1 amide bonds. The van der Waals surface area contributed by atoms with Crippen molar-refractivity contribution in [3.63, 3.8) is 0 Å². The molecule has 6 heteroatoms. The summed E-state index contributed by atoms with van der Waals surface area (Å²) in [6.07, 6.45) is 3.20. The Labute approximate surface area is 186 Å². The Balaban J connectivity index is 1.84. The van der Waals surface area contributed by atoms with Crippen LogP contribution in [0, 0.1) is 5.92 Å². The van der Waals surface area contributed by atoms with Gasteiger partial charge in [0.05, 0.1) is 18.2 Å². The van der Waals surface area contributed by atoms with Crippen LogP contribution in [0.15, 0.2) is 84.7 Å². The van der Waals surface area contributed by atoms with Crippen LogP contribution in [0.1, 0.15) is 31.0 Å². The standard InChI is InChI=1S/C26H24N2O4/c1-17(2)16-32-21-10-6-7-19(15-21)24(29)22-23(18-11-13-27-14-12-18)28(26(31)25(22)30)20-8-4-3-5-9-20/h3-15,17,23,29H,16H2,1-2H3/b24-22-. The van der Waals surface area contributed by atoms with Crippen LogP contribution >= 0.6 is 0 Å². The Hall–Kier alpha value is -3.93. The van der Waals surface area contributed by atoms with Crippen LogP contribution in [-0.2, 0) is 9.59 Å². The topological polar surface area (TPSA) is 79.7 Å². The predicted molar refractivity (Wildman–Crippen MR) is 122 cm³/mol. The van der Waals surface area contributed by atoms with E-state index in [4.69, 9.17) is 4.74 Å². The number of amides is 1. The number of nitrogens with zero attached hydrogens (tertiary/aromatic N) is 2. The van der Waals surface area contributed by atoms with Gasteiger partial charge >= 0.3 is 0 Å². The van der Waals surface area contributed by atoms with Crippen LogP contribution in [-0.4, -0.2) is 28.4 Å². The average molecular weight is 428 g/mol. The third-order valence-corrected chi connectivity index (χ3v) is 5.19. The summed E-state index contributed by atoms with van der Waals surface area (Å²) in [5, 5.41) is 11.2. The summed E-state index contributed by atoms with van der Waals surface area (Å²) >= 11 is 0. The number of ether oxygens (including phenoxy) is 1. The molecule has 3 aromatic rings. The highest BCUT2D eigenvalue weighted by Gasteiger charge is 2.46. The predicted octanol–water partition coefficient (Wildman–Crippen LogP) is 4.74. The van der Waals surface area contributed by atoms with Gasteiger partial charge in [0.15, 0.2) is 0 Å². The molecule has 162 valence electrons. The summed E-state index contributed by atoms with van der Waals surface area (Å²) in [6.45, 7) is 4.62. The van der Waals surface area contributed by atoms with Crippen molar-refractivity contribution >= 4 is 23.1 Å². The Morgan fingerprint density at radius 1 is 1.03 bits per heavy atom. The zero-order chi connectivity index (χ0) is 22.7. The number of carbonyl (C=O) groups excluding carboxylic acids is 2. The second kappa shape index (κ2) is 9.06. The van der Waals surface area contributed by atoms with Crippen LogP contribution in [0.4, 0.5) is 5.69 Å². The fraction of sp³-hybridized carbons (Fsp3) is 0.192. The maximum Gasteiger partial charge on any atom is 0.300 e. The molecule has 32 heavy (non-hydrogen) atoms. The number of hydrogen-bond donors (Lipinski definition) is 1. The van der Waals surface area contributed by atoms with Gasteiger partial charge in [-0.3, -0.25) is 19.5 Å². The van der Waals surface area contributed by atoms with Gasteiger partial charge < -0.3 is 9.84 Å². The summed E-state index contributed by atoms with van der Waals surface area (Å²) < 4.78 is 5.77. The summed E-state index contributed by atoms with van der Waals surface area (Å²) in [6, 6.07) is 18.6. The van der Waals surface area contributed by atoms with Crippen molar-refractivity contribution in [2.24, 2.45) is 5.92 Å². The number of anilines is 1. The van der Waals surface area contributed by atoms with Gasteiger partial charge in [-0.25, -0.2) is 0 Å². The molecule has 1 aliphatic rings. The number of aliphatic hydroxyl groups is 1. The molecule has 0 spiro atoms. The van der Waals surface area contributed by atoms with Crippen LogP contribution in [0.25, 0.3) is 5.76 Å². The maximum atomic E-state index is 13.1. The number of aromatic nitrogens is 1. The molecule has 2 aromatic carbocycles. The first kappa shape index (κ1) is 21.3. The second-order valence-electron chi connectivity index (χ2n) is 8.02. The van der Waals surface area contributed by atoms with Crippen LogP contribution in [0.3, 0.4) is 0 Å². The van der Waals surface area contributed by atoms with Crippen LogP contribution < -0.4 is 9.64 Å². The van der Waals surface area contributed by atoms with Gasteiger partial charge in [-0.2, -0.15) is 0 Å². The molecule has 1 unspecified atom stereocenters. The lowest BCUT2D eigenvalue weighted by Gasteiger charge is -2.25. The lowest BCUT2D eigenvalue weighted by Crippen LogP contribution is -2.29. The van der Waals surface area contributed by atoms with Crippen LogP contribution in [0.2, 0.25) is 0 Å². The van der Waals surface area contributed by atoms with Gasteiger partial charge in [0.1, 0.15) is 11.5 Å². The van der Waals surface area contributed by atoms with Crippen molar-refractivity contribution in [1.82, 2.24) is 4.98 Å². The molecule has 1 saturated heterocycles. The van der Waals surface area contributed by atoms with Gasteiger partial charge in [0.2, 0.25) is 0 Å². The molecule has 1 fully saturated rings. The van der Waals surface area contributed by atoms with E-state index in [-0.39, 0.29) is 11.3 Å². The molecule has 2 heterocycles. The third-order valence-electron chi connectivity index (χ3n) is 5.19. The Morgan fingerprint density at radius 3 is 2.44 bits per heavy atom. The summed E-state index contributed by atoms with van der Waals surface area (Å²) in [7, 11) is 0. The molecule has 1 aromatic heterocycles. The fourth-order valence-electron chi connectivity index (χ4n) is 3.70. The number of para-hydroxylation sites is 1. The molecular weight excluding hydrogens is 404 g/mol. The lowest BCUT2D eigenvalue weighted by molar-refractivity contribution is -0.132. The monoisotopic (exact) mass is 428 g/mol. The van der Waals surface area contributed by atoms with E-state index in [1.165, 1.54) is 4.90 Å². The van der Waals surface area contributed by atoms with Crippen molar-refractivity contribution in [2.45, 2.75) is 19.9 Å². The van der Waals surface area contributed by atoms with Crippen molar-refractivity contribution in [2.75, 3.05) is 11.5 Å². The minimum atomic E-state index is -0.777. The highest BCUT2D eigenvalue weighted by Crippen LogP contribution is 2.42. The zero-order valence-corrected chi connectivity index (χ0v) is 17.9. The van der Waals surface area contributed by atoms with Crippen LogP contribution in [0.5, 0.6) is 5.75 Å². The number of carbonyl (C=O) groups is 2. The van der Waals surface area contributed by atoms with E-state index in [0.717, 1.165) is 0 Å². The first-order valence-corrected chi connectivity index (χ1v) is 10.5. The van der Waals surface area contributed by atoms with E-state index in [9.17, 15) is 14.7 Å². The quantitative estimate of drug-likeness (QED) is 0.348. The SMILES string of the molecule is CC(C)COc1cccc(/C(O)=C2/C(=O)C(=O)N(c3ccccc3)C2c2ccncc2)c1. The van der Waals surface area contributed by atoms with Crippen molar-refractivity contribution in [3.05, 3.63) is 95.8 Å². The van der Waals surface area contributed by atoms with Gasteiger partial charge in [-0.05, 0) is 47.9 Å². The zero-order valence-electron chi connectivity index (χ0n) is 17.9. The lowest BCUT2D eigenvalue weighted by atomic mass is 9.95. The number of pyridine rings is 1. The largest absolute Gasteiger partial charge is 0.507 e. The van der Waals surface area contributed by atoms with Crippen molar-refractivity contribution in [1.29, 1.82) is 0 Å². The summed E-state index contributed by atoms with van der Waals surface area (Å²) in [4.78, 5) is 31.7. The molecular formula is C26H24N2O4. The van der Waals surface area contributed by atoms with E-state index < -0.39 is 17.7 Å². The van der Waals surface area contributed by atoms with E-state index in [0.29, 0.717) is 35.1 Å². The van der Waals surface area contributed by atoms with E-state index in [2.05, 4.69) is 4.98 Å². The molecule has 1 atom stereocenters. The number of aliphatic hydroxyl groups excluding tert-OH is 1. The number of Topliss-reactive ketones (excluding diaryl/α,β-unsaturated/α-hetero) is 1. The van der Waals surface area contributed by atoms with Crippen molar-refractivity contribution < 1.29 is 19.4 Å². The van der Waals surface area contributed by atoms with Crippen molar-refractivity contribution in [3.8, 4) is 5.75 Å². The minimum absolute atomic E-state index is 0.0334. The number of rotatable bonds is 6. The highest BCUT2D eigenvalue weighted by molar-refractivity contribution is 6.51. The van der Waals surface area contributed by atoms with Gasteiger partial charge in [0.25, 0.3) is 11.7 Å². The molecule has 0 aliphatic carbocycles. The second-order valence-corrected chi connectivity index (χ2v) is 8.02. The first-order chi connectivity index (χ1) is 15.5. The molecule has 0 saturated carbocycles. The minimum Gasteiger partial charge on any atom is -0.507 e. The third kappa shape index (κ3) is 4.12. The molecule has 0 radical (unpaired) electrons. The van der Waals surface area contributed by atoms with E-state index in [1.54, 1.807) is 73.1 Å². The Kier molecular flexibility index (Phi) is 6.03. The normalized spacial score (nSPS) is 17.7. The molecule has 4 rings (SSSR count). The average Bonchev–Trinajstić information content (AvgIpc) is 3.09.